The molecule has 37 heavy (non-hydrogen) atoms. The SMILES string of the molecule is CCN(c1ccccc1)S(=O)(=O)c1ccc(Cl)c(NC(=O)COC(=O)c2ccc3[nH]c(C)c(C)c3c2)c1. The van der Waals surface area contributed by atoms with Crippen LogP contribution in [0.3, 0.4) is 0 Å². The molecule has 4 aromatic rings. The molecule has 0 saturated heterocycles. The van der Waals surface area contributed by atoms with Gasteiger partial charge >= 0.3 is 5.97 Å². The fourth-order valence-corrected chi connectivity index (χ4v) is 5.63. The summed E-state index contributed by atoms with van der Waals surface area (Å²) >= 11 is 6.22. The number of H-pyrrole nitrogens is 1. The first-order chi connectivity index (χ1) is 17.6. The maximum absolute atomic E-state index is 13.3. The molecular formula is C27H26ClN3O5S. The Balaban J connectivity index is 1.47. The van der Waals surface area contributed by atoms with Crippen LogP contribution in [0.25, 0.3) is 10.9 Å². The van der Waals surface area contributed by atoms with E-state index < -0.39 is 28.5 Å². The molecule has 1 amide bonds. The molecule has 4 rings (SSSR count). The van der Waals surface area contributed by atoms with E-state index in [-0.39, 0.29) is 22.2 Å². The number of sulfonamides is 1. The lowest BCUT2D eigenvalue weighted by Crippen LogP contribution is -2.30. The minimum absolute atomic E-state index is 0.0413. The van der Waals surface area contributed by atoms with Crippen molar-refractivity contribution in [3.63, 3.8) is 0 Å². The average Bonchev–Trinajstić information content (AvgIpc) is 3.17. The van der Waals surface area contributed by atoms with Crippen LogP contribution in [-0.2, 0) is 19.6 Å². The number of amides is 1. The van der Waals surface area contributed by atoms with E-state index in [9.17, 15) is 18.0 Å². The first-order valence-electron chi connectivity index (χ1n) is 11.5. The highest BCUT2D eigenvalue weighted by Crippen LogP contribution is 2.29. The van der Waals surface area contributed by atoms with Gasteiger partial charge in [-0.05, 0) is 74.9 Å². The number of hydrogen-bond acceptors (Lipinski definition) is 5. The average molecular weight is 540 g/mol. The number of carbonyl (C=O) groups excluding carboxylic acids is 2. The van der Waals surface area contributed by atoms with E-state index in [0.29, 0.717) is 11.3 Å². The number of rotatable bonds is 8. The third-order valence-electron chi connectivity index (χ3n) is 6.01. The second-order valence-electron chi connectivity index (χ2n) is 8.41. The number of aromatic nitrogens is 1. The number of esters is 1. The molecule has 8 nitrogen and oxygen atoms in total. The van der Waals surface area contributed by atoms with E-state index in [2.05, 4.69) is 10.3 Å². The monoisotopic (exact) mass is 539 g/mol. The van der Waals surface area contributed by atoms with E-state index in [1.807, 2.05) is 13.8 Å². The van der Waals surface area contributed by atoms with Crippen molar-refractivity contribution >= 4 is 55.8 Å². The number of fused-ring (bicyclic) bond motifs is 1. The van der Waals surface area contributed by atoms with Gasteiger partial charge in [0.05, 0.1) is 26.9 Å². The summed E-state index contributed by atoms with van der Waals surface area (Å²) in [6.45, 7) is 5.27. The number of aryl methyl sites for hydroxylation is 2. The number of carbonyl (C=O) groups is 2. The fourth-order valence-electron chi connectivity index (χ4n) is 3.96. The quantitative estimate of drug-likeness (QED) is 0.289. The van der Waals surface area contributed by atoms with Crippen molar-refractivity contribution in [1.29, 1.82) is 0 Å². The first-order valence-corrected chi connectivity index (χ1v) is 13.4. The molecule has 0 aliphatic heterocycles. The molecular weight excluding hydrogens is 514 g/mol. The fraction of sp³-hybridized carbons (Fsp3) is 0.185. The summed E-state index contributed by atoms with van der Waals surface area (Å²) in [5.74, 6) is -1.31. The number of hydrogen-bond donors (Lipinski definition) is 2. The molecule has 0 unspecified atom stereocenters. The standard InChI is InChI=1S/C27H26ClN3O5S/c1-4-31(20-8-6-5-7-9-20)37(34,35)21-11-12-23(28)25(15-21)30-26(32)16-36-27(33)19-10-13-24-22(14-19)17(2)18(3)29-24/h5-15,29H,4,16H2,1-3H3,(H,30,32). The zero-order valence-electron chi connectivity index (χ0n) is 20.5. The largest absolute Gasteiger partial charge is 0.452 e. The van der Waals surface area contributed by atoms with E-state index in [4.69, 9.17) is 16.3 Å². The Morgan fingerprint density at radius 2 is 1.76 bits per heavy atom. The van der Waals surface area contributed by atoms with Gasteiger partial charge in [-0.15, -0.1) is 0 Å². The summed E-state index contributed by atoms with van der Waals surface area (Å²) in [7, 11) is -3.93. The van der Waals surface area contributed by atoms with Crippen LogP contribution in [0, 0.1) is 13.8 Å². The van der Waals surface area contributed by atoms with Crippen LogP contribution >= 0.6 is 11.6 Å². The number of ether oxygens (including phenoxy) is 1. The lowest BCUT2D eigenvalue weighted by atomic mass is 10.1. The number of anilines is 2. The molecule has 0 atom stereocenters. The predicted molar refractivity (Wildman–Crippen MR) is 145 cm³/mol. The summed E-state index contributed by atoms with van der Waals surface area (Å²) in [5.41, 5.74) is 3.86. The molecule has 0 radical (unpaired) electrons. The van der Waals surface area contributed by atoms with Gasteiger partial charge in [0.2, 0.25) is 0 Å². The highest BCUT2D eigenvalue weighted by Gasteiger charge is 2.25. The molecule has 0 saturated carbocycles. The van der Waals surface area contributed by atoms with Crippen molar-refractivity contribution in [2.75, 3.05) is 22.8 Å². The van der Waals surface area contributed by atoms with Crippen molar-refractivity contribution in [2.24, 2.45) is 0 Å². The van der Waals surface area contributed by atoms with E-state index >= 15 is 0 Å². The van der Waals surface area contributed by atoms with Crippen molar-refractivity contribution in [3.8, 4) is 0 Å². The van der Waals surface area contributed by atoms with Crippen LogP contribution in [0.15, 0.2) is 71.6 Å². The van der Waals surface area contributed by atoms with Crippen LogP contribution in [0.5, 0.6) is 0 Å². The summed E-state index contributed by atoms with van der Waals surface area (Å²) in [6.07, 6.45) is 0. The molecule has 192 valence electrons. The highest BCUT2D eigenvalue weighted by molar-refractivity contribution is 7.92. The minimum Gasteiger partial charge on any atom is -0.452 e. The zero-order valence-corrected chi connectivity index (χ0v) is 22.1. The van der Waals surface area contributed by atoms with E-state index in [1.165, 1.54) is 22.5 Å². The Labute approximate surface area is 220 Å². The zero-order chi connectivity index (χ0) is 26.7. The normalized spacial score (nSPS) is 11.4. The Morgan fingerprint density at radius 3 is 2.46 bits per heavy atom. The Bertz CT molecular complexity index is 1580. The maximum atomic E-state index is 13.3. The lowest BCUT2D eigenvalue weighted by Gasteiger charge is -2.23. The Hall–Kier alpha value is -3.82. The number of benzene rings is 3. The smallest absolute Gasteiger partial charge is 0.338 e. The third kappa shape index (κ3) is 5.47. The topological polar surface area (TPSA) is 109 Å². The van der Waals surface area contributed by atoms with Crippen molar-refractivity contribution < 1.29 is 22.7 Å². The van der Waals surface area contributed by atoms with Crippen molar-refractivity contribution in [2.45, 2.75) is 25.7 Å². The molecule has 3 aromatic carbocycles. The Morgan fingerprint density at radius 1 is 1.03 bits per heavy atom. The van der Waals surface area contributed by atoms with Crippen LogP contribution in [0.4, 0.5) is 11.4 Å². The molecule has 0 bridgehead atoms. The molecule has 2 N–H and O–H groups in total. The summed E-state index contributed by atoms with van der Waals surface area (Å²) in [4.78, 5) is 28.3. The summed E-state index contributed by atoms with van der Waals surface area (Å²) < 4.78 is 33.0. The van der Waals surface area contributed by atoms with E-state index in [1.54, 1.807) is 55.5 Å². The number of halogens is 1. The van der Waals surface area contributed by atoms with Crippen LogP contribution in [-0.4, -0.2) is 38.4 Å². The molecule has 0 fully saturated rings. The number of aromatic amines is 1. The predicted octanol–water partition coefficient (Wildman–Crippen LogP) is 5.45. The maximum Gasteiger partial charge on any atom is 0.338 e. The van der Waals surface area contributed by atoms with Gasteiger partial charge in [-0.2, -0.15) is 0 Å². The molecule has 1 aromatic heterocycles. The summed E-state index contributed by atoms with van der Waals surface area (Å²) in [6, 6.07) is 17.9. The van der Waals surface area contributed by atoms with Crippen LogP contribution < -0.4 is 9.62 Å². The van der Waals surface area contributed by atoms with Gasteiger partial charge in [0.1, 0.15) is 0 Å². The van der Waals surface area contributed by atoms with Crippen molar-refractivity contribution in [3.05, 3.63) is 88.6 Å². The number of nitrogens with one attached hydrogen (secondary N) is 2. The van der Waals surface area contributed by atoms with Crippen LogP contribution in [0.2, 0.25) is 5.02 Å². The molecule has 0 aliphatic rings. The van der Waals surface area contributed by atoms with Gasteiger partial charge in [-0.3, -0.25) is 9.10 Å². The minimum atomic E-state index is -3.93. The third-order valence-corrected chi connectivity index (χ3v) is 8.24. The number of para-hydroxylation sites is 1. The second-order valence-corrected chi connectivity index (χ2v) is 10.7. The summed E-state index contributed by atoms with van der Waals surface area (Å²) in [5, 5.41) is 3.58. The highest BCUT2D eigenvalue weighted by atomic mass is 35.5. The van der Waals surface area contributed by atoms with Gasteiger partial charge in [0.25, 0.3) is 15.9 Å². The van der Waals surface area contributed by atoms with Gasteiger partial charge in [0.15, 0.2) is 6.61 Å². The molecule has 0 aliphatic carbocycles. The molecule has 1 heterocycles. The number of nitrogens with zero attached hydrogens (tertiary/aromatic N) is 1. The van der Waals surface area contributed by atoms with E-state index in [0.717, 1.165) is 22.2 Å². The van der Waals surface area contributed by atoms with Gasteiger partial charge in [-0.1, -0.05) is 29.8 Å². The van der Waals surface area contributed by atoms with Gasteiger partial charge < -0.3 is 15.0 Å². The Kier molecular flexibility index (Phi) is 7.56. The van der Waals surface area contributed by atoms with Gasteiger partial charge in [0, 0.05) is 23.1 Å². The first kappa shape index (κ1) is 26.2. The van der Waals surface area contributed by atoms with Gasteiger partial charge in [-0.25, -0.2) is 13.2 Å². The molecule has 0 spiro atoms. The van der Waals surface area contributed by atoms with Crippen LogP contribution in [0.1, 0.15) is 28.5 Å². The lowest BCUT2D eigenvalue weighted by molar-refractivity contribution is -0.119. The molecule has 10 heteroatoms. The second kappa shape index (κ2) is 10.7. The van der Waals surface area contributed by atoms with Crippen molar-refractivity contribution in [1.82, 2.24) is 4.98 Å².